The van der Waals surface area contributed by atoms with Crippen molar-refractivity contribution in [2.24, 2.45) is 5.41 Å². The average molecular weight is 183 g/mol. The predicted molar refractivity (Wildman–Crippen MR) is 58.7 cm³/mol. The van der Waals surface area contributed by atoms with Crippen molar-refractivity contribution in [3.63, 3.8) is 0 Å². The lowest BCUT2D eigenvalue weighted by Crippen LogP contribution is -1.91. The zero-order chi connectivity index (χ0) is 9.60. The highest BCUT2D eigenvalue weighted by Gasteiger charge is 2.45. The summed E-state index contributed by atoms with van der Waals surface area (Å²) in [4.78, 5) is 0. The van der Waals surface area contributed by atoms with E-state index in [-0.39, 0.29) is 0 Å². The largest absolute Gasteiger partial charge is 0.0587 e. The molecular formula is C14H15. The number of hydrogen-bond donors (Lipinski definition) is 0. The van der Waals surface area contributed by atoms with E-state index in [2.05, 4.69) is 37.3 Å². The third-order valence-corrected chi connectivity index (χ3v) is 3.59. The van der Waals surface area contributed by atoms with Crippen molar-refractivity contribution >= 4 is 5.57 Å². The fourth-order valence-corrected chi connectivity index (χ4v) is 2.28. The summed E-state index contributed by atoms with van der Waals surface area (Å²) in [5.74, 6) is 0. The standard InChI is InChI=1S/C14H15/c1-11-2-4-12(5-3-11)13-6-7-14(10-13)8-9-14/h2-5H,7-10H2,1H3. The number of rotatable bonds is 1. The lowest BCUT2D eigenvalue weighted by atomic mass is 9.98. The van der Waals surface area contributed by atoms with Crippen molar-refractivity contribution < 1.29 is 0 Å². The molecule has 0 atom stereocenters. The van der Waals surface area contributed by atoms with E-state index in [0.29, 0.717) is 5.41 Å². The molecule has 1 aromatic carbocycles. The fourth-order valence-electron chi connectivity index (χ4n) is 2.28. The first-order valence-electron chi connectivity index (χ1n) is 5.44. The smallest absolute Gasteiger partial charge is 0.0210 e. The first kappa shape index (κ1) is 8.28. The molecule has 0 saturated heterocycles. The van der Waals surface area contributed by atoms with Crippen molar-refractivity contribution in [2.75, 3.05) is 0 Å². The summed E-state index contributed by atoms with van der Waals surface area (Å²) < 4.78 is 0. The molecular weight excluding hydrogens is 168 g/mol. The van der Waals surface area contributed by atoms with Crippen LogP contribution in [0, 0.1) is 18.4 Å². The van der Waals surface area contributed by atoms with E-state index >= 15 is 0 Å². The minimum absolute atomic E-state index is 0.667. The Bertz CT molecular complexity index is 377. The van der Waals surface area contributed by atoms with Gasteiger partial charge in [-0.1, -0.05) is 29.8 Å². The Hall–Kier alpha value is -1.04. The zero-order valence-corrected chi connectivity index (χ0v) is 8.64. The number of aryl methyl sites for hydroxylation is 1. The third-order valence-electron chi connectivity index (χ3n) is 3.59. The number of benzene rings is 1. The second kappa shape index (κ2) is 2.73. The van der Waals surface area contributed by atoms with Crippen LogP contribution in [0.3, 0.4) is 0 Å². The maximum absolute atomic E-state index is 3.56. The summed E-state index contributed by atoms with van der Waals surface area (Å²) in [7, 11) is 0. The molecule has 0 N–H and O–H groups in total. The lowest BCUT2D eigenvalue weighted by molar-refractivity contribution is 0.559. The predicted octanol–water partition coefficient (Wildman–Crippen LogP) is 3.76. The Morgan fingerprint density at radius 2 is 1.86 bits per heavy atom. The van der Waals surface area contributed by atoms with Gasteiger partial charge in [0.25, 0.3) is 0 Å². The Morgan fingerprint density at radius 3 is 2.43 bits per heavy atom. The first-order valence-corrected chi connectivity index (χ1v) is 5.44. The highest BCUT2D eigenvalue weighted by molar-refractivity contribution is 5.67. The van der Waals surface area contributed by atoms with Crippen molar-refractivity contribution in [2.45, 2.75) is 32.6 Å². The molecule has 71 valence electrons. The Balaban J connectivity index is 1.86. The molecule has 0 heterocycles. The molecule has 1 saturated carbocycles. The summed E-state index contributed by atoms with van der Waals surface area (Å²) in [6, 6.07) is 8.86. The third kappa shape index (κ3) is 1.30. The van der Waals surface area contributed by atoms with E-state index in [1.807, 2.05) is 0 Å². The van der Waals surface area contributed by atoms with Crippen LogP contribution in [0.4, 0.5) is 0 Å². The minimum Gasteiger partial charge on any atom is -0.0587 e. The van der Waals surface area contributed by atoms with Gasteiger partial charge in [0.2, 0.25) is 0 Å². The SMILES string of the molecule is Cc1ccc(C2=[C]CC3(CC3)C2)cc1. The van der Waals surface area contributed by atoms with Crippen molar-refractivity contribution in [3.8, 4) is 0 Å². The van der Waals surface area contributed by atoms with Crippen LogP contribution in [-0.4, -0.2) is 0 Å². The van der Waals surface area contributed by atoms with Gasteiger partial charge in [0.15, 0.2) is 0 Å². The van der Waals surface area contributed by atoms with Gasteiger partial charge in [0.1, 0.15) is 0 Å². The van der Waals surface area contributed by atoms with Crippen molar-refractivity contribution in [1.29, 1.82) is 0 Å². The molecule has 2 aliphatic carbocycles. The van der Waals surface area contributed by atoms with Crippen molar-refractivity contribution in [1.82, 2.24) is 0 Å². The molecule has 1 fully saturated rings. The molecule has 0 bridgehead atoms. The van der Waals surface area contributed by atoms with Crippen LogP contribution < -0.4 is 0 Å². The molecule has 0 aliphatic heterocycles. The lowest BCUT2D eigenvalue weighted by Gasteiger charge is -2.06. The van der Waals surface area contributed by atoms with Gasteiger partial charge in [-0.25, -0.2) is 0 Å². The van der Waals surface area contributed by atoms with E-state index < -0.39 is 0 Å². The van der Waals surface area contributed by atoms with Gasteiger partial charge in [0, 0.05) is 0 Å². The van der Waals surface area contributed by atoms with E-state index in [1.54, 1.807) is 0 Å². The molecule has 14 heavy (non-hydrogen) atoms. The van der Waals surface area contributed by atoms with E-state index in [1.165, 1.54) is 42.4 Å². The topological polar surface area (TPSA) is 0 Å². The molecule has 2 aliphatic rings. The average Bonchev–Trinajstić information content (AvgIpc) is 2.79. The summed E-state index contributed by atoms with van der Waals surface area (Å²) in [6.07, 6.45) is 8.89. The number of hydrogen-bond acceptors (Lipinski definition) is 0. The quantitative estimate of drug-likeness (QED) is 0.622. The Kier molecular flexibility index (Phi) is 1.61. The second-order valence-corrected chi connectivity index (χ2v) is 4.87. The molecule has 0 unspecified atom stereocenters. The van der Waals surface area contributed by atoms with E-state index in [0.717, 1.165) is 0 Å². The van der Waals surface area contributed by atoms with E-state index in [4.69, 9.17) is 0 Å². The molecule has 3 rings (SSSR count). The Morgan fingerprint density at radius 1 is 1.14 bits per heavy atom. The first-order chi connectivity index (χ1) is 6.77. The molecule has 0 nitrogen and oxygen atoms in total. The molecule has 1 radical (unpaired) electrons. The maximum Gasteiger partial charge on any atom is -0.0210 e. The van der Waals surface area contributed by atoms with Gasteiger partial charge in [-0.15, -0.1) is 0 Å². The molecule has 0 amide bonds. The van der Waals surface area contributed by atoms with Gasteiger partial charge in [0.05, 0.1) is 0 Å². The van der Waals surface area contributed by atoms with Gasteiger partial charge in [-0.2, -0.15) is 0 Å². The second-order valence-electron chi connectivity index (χ2n) is 4.87. The number of allylic oxidation sites excluding steroid dienone is 2. The summed E-state index contributed by atoms with van der Waals surface area (Å²) in [5, 5.41) is 0. The normalized spacial score (nSPS) is 22.5. The maximum atomic E-state index is 3.56. The molecule has 1 aromatic rings. The zero-order valence-electron chi connectivity index (χ0n) is 8.64. The Labute approximate surface area is 85.6 Å². The van der Waals surface area contributed by atoms with Crippen LogP contribution >= 0.6 is 0 Å². The van der Waals surface area contributed by atoms with Crippen LogP contribution in [0.1, 0.15) is 36.8 Å². The van der Waals surface area contributed by atoms with Crippen LogP contribution in [0.5, 0.6) is 0 Å². The van der Waals surface area contributed by atoms with Gasteiger partial charge < -0.3 is 0 Å². The molecule has 1 spiro atoms. The summed E-state index contributed by atoms with van der Waals surface area (Å²) >= 11 is 0. The van der Waals surface area contributed by atoms with Crippen LogP contribution in [-0.2, 0) is 0 Å². The molecule has 0 aromatic heterocycles. The molecule has 0 heteroatoms. The van der Waals surface area contributed by atoms with E-state index in [9.17, 15) is 0 Å². The van der Waals surface area contributed by atoms with Gasteiger partial charge >= 0.3 is 0 Å². The fraction of sp³-hybridized carbons (Fsp3) is 0.429. The highest BCUT2D eigenvalue weighted by atomic mass is 14.5. The van der Waals surface area contributed by atoms with Crippen LogP contribution in [0.15, 0.2) is 24.3 Å². The van der Waals surface area contributed by atoms with Gasteiger partial charge in [-0.3, -0.25) is 0 Å². The summed E-state index contributed by atoms with van der Waals surface area (Å²) in [6.45, 7) is 2.14. The van der Waals surface area contributed by atoms with Crippen molar-refractivity contribution in [3.05, 3.63) is 41.5 Å². The van der Waals surface area contributed by atoms with Gasteiger partial charge in [-0.05, 0) is 55.2 Å². The van der Waals surface area contributed by atoms with Crippen LogP contribution in [0.25, 0.3) is 5.57 Å². The summed E-state index contributed by atoms with van der Waals surface area (Å²) in [5.41, 5.74) is 4.86. The minimum atomic E-state index is 0.667. The van der Waals surface area contributed by atoms with Crippen LogP contribution in [0.2, 0.25) is 0 Å². The monoisotopic (exact) mass is 183 g/mol. The highest BCUT2D eigenvalue weighted by Crippen LogP contribution is 2.58.